The van der Waals surface area contributed by atoms with E-state index in [0.717, 1.165) is 46.6 Å². The highest BCUT2D eigenvalue weighted by atomic mass is 32.2. The largest absolute Gasteiger partial charge is 0.497 e. The number of halogens is 1. The van der Waals surface area contributed by atoms with E-state index >= 15 is 0 Å². The normalized spacial score (nSPS) is 13.8. The van der Waals surface area contributed by atoms with Crippen molar-refractivity contribution in [3.05, 3.63) is 65.7 Å². The van der Waals surface area contributed by atoms with E-state index in [1.807, 2.05) is 24.3 Å². The van der Waals surface area contributed by atoms with Gasteiger partial charge >= 0.3 is 0 Å². The van der Waals surface area contributed by atoms with Crippen molar-refractivity contribution in [1.29, 1.82) is 0 Å². The molecule has 0 bridgehead atoms. The Morgan fingerprint density at radius 1 is 1.08 bits per heavy atom. The van der Waals surface area contributed by atoms with Crippen LogP contribution in [0.15, 0.2) is 53.7 Å². The first-order chi connectivity index (χ1) is 12.2. The first-order valence-electron chi connectivity index (χ1n) is 8.21. The summed E-state index contributed by atoms with van der Waals surface area (Å²) >= 11 is 1.61. The average molecular weight is 355 g/mol. The van der Waals surface area contributed by atoms with Crippen molar-refractivity contribution in [2.45, 2.75) is 29.7 Å². The van der Waals surface area contributed by atoms with E-state index < -0.39 is 0 Å². The zero-order valence-electron chi connectivity index (χ0n) is 13.9. The van der Waals surface area contributed by atoms with Crippen LogP contribution in [0.3, 0.4) is 0 Å². The van der Waals surface area contributed by atoms with Crippen LogP contribution in [0.1, 0.15) is 30.1 Å². The van der Waals surface area contributed by atoms with Crippen molar-refractivity contribution in [1.82, 2.24) is 14.8 Å². The highest BCUT2D eigenvalue weighted by Gasteiger charge is 2.31. The third-order valence-corrected chi connectivity index (χ3v) is 5.21. The van der Waals surface area contributed by atoms with Gasteiger partial charge in [-0.3, -0.25) is 4.57 Å². The maximum Gasteiger partial charge on any atom is 0.196 e. The van der Waals surface area contributed by atoms with Gasteiger partial charge in [-0.1, -0.05) is 23.9 Å². The minimum absolute atomic E-state index is 0.217. The van der Waals surface area contributed by atoms with Crippen molar-refractivity contribution in [3.63, 3.8) is 0 Å². The quantitative estimate of drug-likeness (QED) is 0.607. The van der Waals surface area contributed by atoms with E-state index in [-0.39, 0.29) is 5.82 Å². The Kier molecular flexibility index (Phi) is 4.44. The number of hydrogen-bond donors (Lipinski definition) is 0. The fourth-order valence-corrected chi connectivity index (χ4v) is 3.60. The van der Waals surface area contributed by atoms with Gasteiger partial charge in [-0.15, -0.1) is 10.2 Å². The van der Waals surface area contributed by atoms with Gasteiger partial charge in [0.1, 0.15) is 17.4 Å². The van der Waals surface area contributed by atoms with Gasteiger partial charge in [0.15, 0.2) is 5.16 Å². The summed E-state index contributed by atoms with van der Waals surface area (Å²) in [6.45, 7) is 0. The van der Waals surface area contributed by atoms with Crippen molar-refractivity contribution < 1.29 is 9.13 Å². The van der Waals surface area contributed by atoms with Gasteiger partial charge in [-0.25, -0.2) is 4.39 Å². The molecule has 0 unspecified atom stereocenters. The molecule has 0 spiro atoms. The molecule has 1 heterocycles. The Morgan fingerprint density at radius 3 is 2.44 bits per heavy atom. The molecule has 0 radical (unpaired) electrons. The van der Waals surface area contributed by atoms with Crippen LogP contribution in [-0.4, -0.2) is 21.9 Å². The molecule has 128 valence electrons. The fraction of sp³-hybridized carbons (Fsp3) is 0.263. The van der Waals surface area contributed by atoms with Gasteiger partial charge in [0, 0.05) is 17.4 Å². The van der Waals surface area contributed by atoms with Gasteiger partial charge in [0.25, 0.3) is 0 Å². The third kappa shape index (κ3) is 3.54. The number of rotatable bonds is 6. The highest BCUT2D eigenvalue weighted by molar-refractivity contribution is 7.98. The predicted octanol–water partition coefficient (Wildman–Crippen LogP) is 4.58. The van der Waals surface area contributed by atoms with Crippen LogP contribution in [0.25, 0.3) is 5.69 Å². The molecule has 0 atom stereocenters. The molecule has 1 saturated carbocycles. The molecule has 4 nitrogen and oxygen atoms in total. The molecule has 25 heavy (non-hydrogen) atoms. The number of hydrogen-bond acceptors (Lipinski definition) is 4. The summed E-state index contributed by atoms with van der Waals surface area (Å²) in [6.07, 6.45) is 2.33. The molecule has 4 rings (SSSR count). The van der Waals surface area contributed by atoms with Gasteiger partial charge in [-0.2, -0.15) is 0 Å². The molecule has 1 aliphatic carbocycles. The molecule has 0 amide bonds. The summed E-state index contributed by atoms with van der Waals surface area (Å²) < 4.78 is 20.4. The molecule has 0 saturated heterocycles. The Bertz CT molecular complexity index is 857. The first kappa shape index (κ1) is 16.1. The average Bonchev–Trinajstić information content (AvgIpc) is 3.41. The SMILES string of the molecule is COc1ccc(-n2c(SCc3ccc(F)cc3)nnc2C2CC2)cc1. The smallest absolute Gasteiger partial charge is 0.196 e. The van der Waals surface area contributed by atoms with E-state index in [0.29, 0.717) is 5.92 Å². The Morgan fingerprint density at radius 2 is 1.80 bits per heavy atom. The van der Waals surface area contributed by atoms with E-state index in [1.54, 1.807) is 31.0 Å². The van der Waals surface area contributed by atoms with Gasteiger partial charge < -0.3 is 4.74 Å². The minimum Gasteiger partial charge on any atom is -0.497 e. The third-order valence-electron chi connectivity index (χ3n) is 4.21. The lowest BCUT2D eigenvalue weighted by molar-refractivity contribution is 0.414. The molecular weight excluding hydrogens is 337 g/mol. The fourth-order valence-electron chi connectivity index (χ4n) is 2.68. The number of nitrogens with zero attached hydrogens (tertiary/aromatic N) is 3. The zero-order valence-corrected chi connectivity index (χ0v) is 14.7. The van der Waals surface area contributed by atoms with Crippen LogP contribution in [0.4, 0.5) is 4.39 Å². The topological polar surface area (TPSA) is 39.9 Å². The highest BCUT2D eigenvalue weighted by Crippen LogP contribution is 2.41. The van der Waals surface area contributed by atoms with Crippen molar-refractivity contribution in [2.75, 3.05) is 7.11 Å². The maximum atomic E-state index is 13.1. The molecule has 6 heteroatoms. The number of methoxy groups -OCH3 is 1. The number of ether oxygens (including phenoxy) is 1. The summed E-state index contributed by atoms with van der Waals surface area (Å²) in [7, 11) is 1.66. The summed E-state index contributed by atoms with van der Waals surface area (Å²) in [5.74, 6) is 2.84. The molecule has 3 aromatic rings. The minimum atomic E-state index is -0.217. The molecule has 1 fully saturated rings. The molecular formula is C19H18FN3OS. The van der Waals surface area contributed by atoms with Crippen molar-refractivity contribution in [2.24, 2.45) is 0 Å². The van der Waals surface area contributed by atoms with Gasteiger partial charge in [0.05, 0.1) is 7.11 Å². The lowest BCUT2D eigenvalue weighted by atomic mass is 10.2. The molecule has 0 N–H and O–H groups in total. The summed E-state index contributed by atoms with van der Waals surface area (Å²) in [6, 6.07) is 14.5. The monoisotopic (exact) mass is 355 g/mol. The van der Waals surface area contributed by atoms with Crippen molar-refractivity contribution in [3.8, 4) is 11.4 Å². The molecule has 2 aromatic carbocycles. The van der Waals surface area contributed by atoms with E-state index in [2.05, 4.69) is 14.8 Å². The Balaban J connectivity index is 1.61. The number of aromatic nitrogens is 3. The van der Waals surface area contributed by atoms with Crippen LogP contribution >= 0.6 is 11.8 Å². The lowest BCUT2D eigenvalue weighted by Gasteiger charge is -2.10. The Labute approximate surface area is 150 Å². The molecule has 1 aliphatic rings. The van der Waals surface area contributed by atoms with Crippen LogP contribution in [0, 0.1) is 5.82 Å². The van der Waals surface area contributed by atoms with E-state index in [9.17, 15) is 4.39 Å². The Hall–Kier alpha value is -2.34. The molecule has 1 aromatic heterocycles. The lowest BCUT2D eigenvalue weighted by Crippen LogP contribution is -2.02. The predicted molar refractivity (Wildman–Crippen MR) is 95.8 cm³/mol. The van der Waals surface area contributed by atoms with Gasteiger partial charge in [-0.05, 0) is 54.8 Å². The van der Waals surface area contributed by atoms with Crippen LogP contribution in [0.2, 0.25) is 0 Å². The van der Waals surface area contributed by atoms with E-state index in [1.165, 1.54) is 12.1 Å². The van der Waals surface area contributed by atoms with Gasteiger partial charge in [0.2, 0.25) is 0 Å². The summed E-state index contributed by atoms with van der Waals surface area (Å²) in [4.78, 5) is 0. The molecule has 0 aliphatic heterocycles. The van der Waals surface area contributed by atoms with Crippen LogP contribution in [0.5, 0.6) is 5.75 Å². The second-order valence-electron chi connectivity index (χ2n) is 6.06. The van der Waals surface area contributed by atoms with Crippen LogP contribution < -0.4 is 4.74 Å². The van der Waals surface area contributed by atoms with Crippen molar-refractivity contribution >= 4 is 11.8 Å². The maximum absolute atomic E-state index is 13.1. The summed E-state index contributed by atoms with van der Waals surface area (Å²) in [5, 5.41) is 9.68. The van der Waals surface area contributed by atoms with E-state index in [4.69, 9.17) is 4.74 Å². The standard InChI is InChI=1S/C19H18FN3OS/c1-24-17-10-8-16(9-11-17)23-18(14-4-5-14)21-22-19(23)25-12-13-2-6-15(20)7-3-13/h2-3,6-11,14H,4-5,12H2,1H3. The second-order valence-corrected chi connectivity index (χ2v) is 7.01. The number of benzene rings is 2. The summed E-state index contributed by atoms with van der Waals surface area (Å²) in [5.41, 5.74) is 2.10. The second kappa shape index (κ2) is 6.88. The first-order valence-corrected chi connectivity index (χ1v) is 9.20. The zero-order chi connectivity index (χ0) is 17.2. The van der Waals surface area contributed by atoms with Crippen LogP contribution in [-0.2, 0) is 5.75 Å². The number of thioether (sulfide) groups is 1.